The highest BCUT2D eigenvalue weighted by Crippen LogP contribution is 2.25. The maximum Gasteiger partial charge on any atom is 0.408 e. The summed E-state index contributed by atoms with van der Waals surface area (Å²) in [5.74, 6) is -3.14. The molecule has 37 heavy (non-hydrogen) atoms. The SMILES string of the molecule is CCOC(=O)CCNC(=O)C(c1ccc(O)cc1)N(CCO)C(=O)C(CC(N)=O)NC(=O)OC(C)(C)C. The van der Waals surface area contributed by atoms with Gasteiger partial charge >= 0.3 is 12.1 Å². The van der Waals surface area contributed by atoms with Crippen molar-refractivity contribution in [2.24, 2.45) is 5.73 Å². The zero-order chi connectivity index (χ0) is 28.2. The molecule has 0 radical (unpaired) electrons. The lowest BCUT2D eigenvalue weighted by atomic mass is 10.0. The minimum absolute atomic E-state index is 0.0940. The number of aliphatic hydroxyl groups is 1. The molecule has 1 aromatic carbocycles. The minimum Gasteiger partial charge on any atom is -0.508 e. The number of ether oxygens (including phenoxy) is 2. The van der Waals surface area contributed by atoms with Crippen molar-refractivity contribution in [1.29, 1.82) is 0 Å². The van der Waals surface area contributed by atoms with Crippen LogP contribution >= 0.6 is 0 Å². The van der Waals surface area contributed by atoms with E-state index >= 15 is 0 Å². The summed E-state index contributed by atoms with van der Waals surface area (Å²) in [6, 6.07) is 2.52. The smallest absolute Gasteiger partial charge is 0.408 e. The number of primary amides is 1. The van der Waals surface area contributed by atoms with E-state index in [-0.39, 0.29) is 37.4 Å². The predicted octanol–water partition coefficient (Wildman–Crippen LogP) is 0.0923. The van der Waals surface area contributed by atoms with E-state index in [4.69, 9.17) is 15.2 Å². The van der Waals surface area contributed by atoms with Crippen molar-refractivity contribution in [2.75, 3.05) is 26.3 Å². The fraction of sp³-hybridized carbons (Fsp3) is 0.542. The standard InChI is InChI=1S/C24H36N4O9/c1-5-36-19(32)10-11-26-21(33)20(15-6-8-16(30)9-7-15)28(12-13-29)22(34)17(14-18(25)31)27-23(35)37-24(2,3)4/h6-9,17,20,29-30H,5,10-14H2,1-4H3,(H2,25,31)(H,26,33)(H,27,35). The second-order valence-electron chi connectivity index (χ2n) is 8.96. The van der Waals surface area contributed by atoms with Crippen LogP contribution in [-0.4, -0.2) is 82.8 Å². The van der Waals surface area contributed by atoms with E-state index in [0.717, 1.165) is 4.90 Å². The van der Waals surface area contributed by atoms with Crippen LogP contribution in [0.1, 0.15) is 52.1 Å². The van der Waals surface area contributed by atoms with E-state index in [0.29, 0.717) is 0 Å². The molecule has 0 aromatic heterocycles. The van der Waals surface area contributed by atoms with Gasteiger partial charge in [-0.15, -0.1) is 0 Å². The minimum atomic E-state index is -1.51. The highest BCUT2D eigenvalue weighted by atomic mass is 16.6. The molecule has 0 aliphatic heterocycles. The predicted molar refractivity (Wildman–Crippen MR) is 131 cm³/mol. The Morgan fingerprint density at radius 2 is 1.73 bits per heavy atom. The molecule has 13 nitrogen and oxygen atoms in total. The van der Waals surface area contributed by atoms with Crippen LogP contribution in [0.15, 0.2) is 24.3 Å². The van der Waals surface area contributed by atoms with Gasteiger partial charge in [0.2, 0.25) is 17.7 Å². The van der Waals surface area contributed by atoms with Crippen molar-refractivity contribution in [3.63, 3.8) is 0 Å². The van der Waals surface area contributed by atoms with Gasteiger partial charge in [0.05, 0.1) is 26.1 Å². The monoisotopic (exact) mass is 524 g/mol. The van der Waals surface area contributed by atoms with Gasteiger partial charge in [-0.3, -0.25) is 19.2 Å². The van der Waals surface area contributed by atoms with Gasteiger partial charge in [0.25, 0.3) is 0 Å². The van der Waals surface area contributed by atoms with Crippen LogP contribution in [0, 0.1) is 0 Å². The first kappa shape index (κ1) is 31.2. The molecule has 0 spiro atoms. The van der Waals surface area contributed by atoms with E-state index < -0.39 is 60.5 Å². The molecule has 0 saturated carbocycles. The van der Waals surface area contributed by atoms with Gasteiger partial charge < -0.3 is 41.0 Å². The fourth-order valence-electron chi connectivity index (χ4n) is 3.27. The number of phenols is 1. The molecule has 1 rings (SSSR count). The number of phenolic OH excluding ortho intramolecular Hbond substituents is 1. The van der Waals surface area contributed by atoms with Crippen LogP contribution in [-0.2, 0) is 28.7 Å². The first-order valence-corrected chi connectivity index (χ1v) is 11.7. The van der Waals surface area contributed by atoms with Crippen LogP contribution in [0.3, 0.4) is 0 Å². The number of carbonyl (C=O) groups is 5. The number of nitrogens with two attached hydrogens (primary N) is 1. The van der Waals surface area contributed by atoms with Crippen molar-refractivity contribution < 1.29 is 43.7 Å². The number of hydrogen-bond acceptors (Lipinski definition) is 9. The normalized spacial score (nSPS) is 12.6. The van der Waals surface area contributed by atoms with E-state index in [1.165, 1.54) is 24.3 Å². The molecule has 13 heteroatoms. The highest BCUT2D eigenvalue weighted by molar-refractivity contribution is 5.94. The number of amides is 4. The number of nitrogens with one attached hydrogen (secondary N) is 2. The first-order valence-electron chi connectivity index (χ1n) is 11.7. The van der Waals surface area contributed by atoms with Crippen molar-refractivity contribution in [1.82, 2.24) is 15.5 Å². The average molecular weight is 525 g/mol. The number of alkyl carbamates (subject to hydrolysis) is 1. The molecule has 0 bridgehead atoms. The molecule has 1 aromatic rings. The maximum atomic E-state index is 13.6. The third-order valence-electron chi connectivity index (χ3n) is 4.72. The number of nitrogens with zero attached hydrogens (tertiary/aromatic N) is 1. The van der Waals surface area contributed by atoms with Gasteiger partial charge in [0, 0.05) is 13.1 Å². The summed E-state index contributed by atoms with van der Waals surface area (Å²) in [4.78, 5) is 63.4. The maximum absolute atomic E-state index is 13.6. The summed E-state index contributed by atoms with van der Waals surface area (Å²) in [6.07, 6.45) is -1.72. The topological polar surface area (TPSA) is 198 Å². The summed E-state index contributed by atoms with van der Waals surface area (Å²) in [5, 5.41) is 24.2. The molecule has 0 aliphatic rings. The Morgan fingerprint density at radius 1 is 1.11 bits per heavy atom. The number of rotatable bonds is 13. The van der Waals surface area contributed by atoms with Gasteiger partial charge in [-0.25, -0.2) is 4.79 Å². The quantitative estimate of drug-likeness (QED) is 0.222. The average Bonchev–Trinajstić information content (AvgIpc) is 2.77. The number of esters is 1. The number of hydrogen-bond donors (Lipinski definition) is 5. The molecule has 0 heterocycles. The second kappa shape index (κ2) is 14.6. The number of benzene rings is 1. The van der Waals surface area contributed by atoms with Crippen molar-refractivity contribution in [3.8, 4) is 5.75 Å². The first-order chi connectivity index (χ1) is 17.3. The Balaban J connectivity index is 3.33. The lowest BCUT2D eigenvalue weighted by Gasteiger charge is -2.34. The van der Waals surface area contributed by atoms with Crippen molar-refractivity contribution in [2.45, 2.75) is 58.2 Å². The van der Waals surface area contributed by atoms with E-state index in [9.17, 15) is 34.2 Å². The largest absolute Gasteiger partial charge is 0.508 e. The van der Waals surface area contributed by atoms with Gasteiger partial charge in [0.15, 0.2) is 0 Å². The number of aliphatic hydroxyl groups excluding tert-OH is 1. The van der Waals surface area contributed by atoms with E-state index in [1.807, 2.05) is 0 Å². The van der Waals surface area contributed by atoms with Crippen molar-refractivity contribution >= 4 is 29.8 Å². The zero-order valence-electron chi connectivity index (χ0n) is 21.5. The molecular formula is C24H36N4O9. The van der Waals surface area contributed by atoms with E-state index in [1.54, 1.807) is 27.7 Å². The van der Waals surface area contributed by atoms with Crippen LogP contribution in [0.5, 0.6) is 5.75 Å². The summed E-state index contributed by atoms with van der Waals surface area (Å²) in [6.45, 7) is 5.61. The zero-order valence-corrected chi connectivity index (χ0v) is 21.5. The molecule has 2 unspecified atom stereocenters. The fourth-order valence-corrected chi connectivity index (χ4v) is 3.27. The van der Waals surface area contributed by atoms with Crippen LogP contribution in [0.25, 0.3) is 0 Å². The van der Waals surface area contributed by atoms with Crippen molar-refractivity contribution in [3.05, 3.63) is 29.8 Å². The summed E-state index contributed by atoms with van der Waals surface area (Å²) >= 11 is 0. The van der Waals surface area contributed by atoms with Gasteiger partial charge in [-0.1, -0.05) is 12.1 Å². The molecule has 6 N–H and O–H groups in total. The Morgan fingerprint density at radius 3 is 2.24 bits per heavy atom. The summed E-state index contributed by atoms with van der Waals surface area (Å²) < 4.78 is 10.0. The molecule has 206 valence electrons. The lowest BCUT2D eigenvalue weighted by Crippen LogP contribution is -2.54. The molecule has 2 atom stereocenters. The van der Waals surface area contributed by atoms with Crippen LogP contribution < -0.4 is 16.4 Å². The Labute approximate surface area is 215 Å². The summed E-state index contributed by atoms with van der Waals surface area (Å²) in [5.41, 5.74) is 4.64. The summed E-state index contributed by atoms with van der Waals surface area (Å²) in [7, 11) is 0. The molecule has 0 aliphatic carbocycles. The Kier molecular flexibility index (Phi) is 12.3. The molecule has 0 fully saturated rings. The van der Waals surface area contributed by atoms with Gasteiger partial charge in [-0.2, -0.15) is 0 Å². The Bertz CT molecular complexity index is 945. The molecule has 0 saturated heterocycles. The van der Waals surface area contributed by atoms with Crippen LogP contribution in [0.2, 0.25) is 0 Å². The lowest BCUT2D eigenvalue weighted by molar-refractivity contribution is -0.145. The molecule has 4 amide bonds. The number of carbonyl (C=O) groups excluding carboxylic acids is 5. The molecular weight excluding hydrogens is 488 g/mol. The third kappa shape index (κ3) is 11.2. The Hall–Kier alpha value is -3.87. The van der Waals surface area contributed by atoms with Gasteiger partial charge in [-0.05, 0) is 45.4 Å². The highest BCUT2D eigenvalue weighted by Gasteiger charge is 2.36. The third-order valence-corrected chi connectivity index (χ3v) is 4.72. The van der Waals surface area contributed by atoms with E-state index in [2.05, 4.69) is 10.6 Å². The van der Waals surface area contributed by atoms with Crippen LogP contribution in [0.4, 0.5) is 4.79 Å². The second-order valence-corrected chi connectivity index (χ2v) is 8.96. The number of aromatic hydroxyl groups is 1. The van der Waals surface area contributed by atoms with Gasteiger partial charge in [0.1, 0.15) is 23.4 Å².